The third-order valence-corrected chi connectivity index (χ3v) is 6.12. The summed E-state index contributed by atoms with van der Waals surface area (Å²) >= 11 is 11.3. The molecular weight excluding hydrogens is 474 g/mol. The highest BCUT2D eigenvalue weighted by Crippen LogP contribution is 2.34. The van der Waals surface area contributed by atoms with E-state index in [0.717, 1.165) is 22.6 Å². The lowest BCUT2D eigenvalue weighted by atomic mass is 10.1. The second-order valence-corrected chi connectivity index (χ2v) is 8.46. The van der Waals surface area contributed by atoms with Crippen LogP contribution in [0.25, 0.3) is 11.8 Å². The number of benzene rings is 2. The van der Waals surface area contributed by atoms with Gasteiger partial charge in [0, 0.05) is 28.2 Å². The maximum atomic E-state index is 13.5. The van der Waals surface area contributed by atoms with Gasteiger partial charge in [0.05, 0.1) is 19.9 Å². The number of methoxy groups -OCH3 is 2. The van der Waals surface area contributed by atoms with Crippen molar-refractivity contribution < 1.29 is 19.1 Å². The first kappa shape index (κ1) is 23.5. The van der Waals surface area contributed by atoms with Crippen molar-refractivity contribution in [2.75, 3.05) is 19.1 Å². The van der Waals surface area contributed by atoms with Gasteiger partial charge in [-0.25, -0.2) is 4.90 Å². The Morgan fingerprint density at radius 3 is 2.35 bits per heavy atom. The van der Waals surface area contributed by atoms with Crippen LogP contribution < -0.4 is 19.7 Å². The molecule has 1 aliphatic heterocycles. The molecule has 0 saturated carbocycles. The van der Waals surface area contributed by atoms with Gasteiger partial charge in [-0.3, -0.25) is 14.9 Å². The minimum Gasteiger partial charge on any atom is -0.497 e. The Labute approximate surface area is 207 Å². The van der Waals surface area contributed by atoms with E-state index in [9.17, 15) is 9.59 Å². The van der Waals surface area contributed by atoms with Gasteiger partial charge in [-0.05, 0) is 80.2 Å². The van der Waals surface area contributed by atoms with Crippen LogP contribution >= 0.6 is 23.8 Å². The molecule has 174 valence electrons. The maximum Gasteiger partial charge on any atom is 0.270 e. The van der Waals surface area contributed by atoms with Crippen LogP contribution in [0.4, 0.5) is 5.69 Å². The monoisotopic (exact) mass is 495 g/mol. The number of hydrogen-bond donors (Lipinski definition) is 1. The van der Waals surface area contributed by atoms with Crippen molar-refractivity contribution in [2.45, 2.75) is 13.8 Å². The number of rotatable bonds is 5. The molecule has 0 aliphatic carbocycles. The van der Waals surface area contributed by atoms with Crippen molar-refractivity contribution in [3.05, 3.63) is 76.1 Å². The molecule has 2 amide bonds. The fourth-order valence-electron chi connectivity index (χ4n) is 3.92. The van der Waals surface area contributed by atoms with Gasteiger partial charge >= 0.3 is 0 Å². The topological polar surface area (TPSA) is 72.8 Å². The zero-order chi connectivity index (χ0) is 24.6. The quantitative estimate of drug-likeness (QED) is 0.318. The molecule has 0 spiro atoms. The molecule has 3 aromatic rings. The fraction of sp³-hybridized carbons (Fsp3) is 0.160. The summed E-state index contributed by atoms with van der Waals surface area (Å²) in [4.78, 5) is 27.5. The van der Waals surface area contributed by atoms with Gasteiger partial charge in [0.25, 0.3) is 11.8 Å². The van der Waals surface area contributed by atoms with Gasteiger partial charge in [0.15, 0.2) is 5.11 Å². The van der Waals surface area contributed by atoms with Crippen molar-refractivity contribution in [3.8, 4) is 17.2 Å². The second-order valence-electron chi connectivity index (χ2n) is 7.63. The minimum atomic E-state index is -0.560. The smallest absolute Gasteiger partial charge is 0.270 e. The number of amides is 2. The van der Waals surface area contributed by atoms with Crippen LogP contribution in [0, 0.1) is 13.8 Å². The average molecular weight is 496 g/mol. The summed E-state index contributed by atoms with van der Waals surface area (Å²) in [6.07, 6.45) is 1.58. The summed E-state index contributed by atoms with van der Waals surface area (Å²) in [6, 6.07) is 14.4. The summed E-state index contributed by atoms with van der Waals surface area (Å²) in [5.41, 5.74) is 3.84. The van der Waals surface area contributed by atoms with Crippen LogP contribution in [0.1, 0.15) is 17.0 Å². The first-order valence-electron chi connectivity index (χ1n) is 10.3. The predicted molar refractivity (Wildman–Crippen MR) is 136 cm³/mol. The number of ether oxygens (including phenoxy) is 2. The minimum absolute atomic E-state index is 0.0257. The Morgan fingerprint density at radius 1 is 1.00 bits per heavy atom. The number of carbonyl (C=O) groups is 2. The Morgan fingerprint density at radius 2 is 1.71 bits per heavy atom. The Balaban J connectivity index is 1.77. The van der Waals surface area contributed by atoms with E-state index in [-0.39, 0.29) is 10.7 Å². The molecule has 9 heteroatoms. The van der Waals surface area contributed by atoms with E-state index in [2.05, 4.69) is 5.32 Å². The molecule has 1 aromatic heterocycles. The fourth-order valence-corrected chi connectivity index (χ4v) is 4.32. The maximum absolute atomic E-state index is 13.5. The van der Waals surface area contributed by atoms with Gasteiger partial charge < -0.3 is 14.0 Å². The Bertz CT molecular complexity index is 1340. The largest absolute Gasteiger partial charge is 0.497 e. The van der Waals surface area contributed by atoms with Crippen LogP contribution in [-0.4, -0.2) is 35.7 Å². The van der Waals surface area contributed by atoms with Crippen molar-refractivity contribution in [1.82, 2.24) is 9.88 Å². The van der Waals surface area contributed by atoms with Crippen molar-refractivity contribution in [2.24, 2.45) is 0 Å². The lowest BCUT2D eigenvalue weighted by Crippen LogP contribution is -2.54. The Hall–Kier alpha value is -3.62. The molecule has 2 heterocycles. The number of aromatic nitrogens is 1. The van der Waals surface area contributed by atoms with E-state index in [1.165, 1.54) is 19.1 Å². The SMILES string of the molecule is COc1ccc(N2C(=O)/C(=C\c3cc(C)n(-c4ccc(Cl)cc4)c3C)C(=O)NC2=S)c(OC)c1. The zero-order valence-electron chi connectivity index (χ0n) is 19.0. The molecule has 0 unspecified atom stereocenters. The highest BCUT2D eigenvalue weighted by molar-refractivity contribution is 7.80. The average Bonchev–Trinajstić information content (AvgIpc) is 3.10. The molecule has 0 bridgehead atoms. The summed E-state index contributed by atoms with van der Waals surface area (Å²) in [5.74, 6) is -0.166. The number of carbonyl (C=O) groups excluding carboxylic acids is 2. The van der Waals surface area contributed by atoms with Crippen LogP contribution in [0.5, 0.6) is 11.5 Å². The van der Waals surface area contributed by atoms with Gasteiger partial charge in [-0.1, -0.05) is 11.6 Å². The molecule has 0 atom stereocenters. The third-order valence-electron chi connectivity index (χ3n) is 5.58. The van der Waals surface area contributed by atoms with Gasteiger partial charge in [0.1, 0.15) is 17.1 Å². The van der Waals surface area contributed by atoms with Crippen molar-refractivity contribution in [1.29, 1.82) is 0 Å². The summed E-state index contributed by atoms with van der Waals surface area (Å²) in [7, 11) is 3.02. The van der Waals surface area contributed by atoms with Crippen LogP contribution in [0.15, 0.2) is 54.1 Å². The standard InChI is InChI=1S/C25H22ClN3O4S/c1-14-11-16(15(2)28(14)18-7-5-17(26)6-8-18)12-20-23(30)27-25(34)29(24(20)31)21-10-9-19(32-3)13-22(21)33-4/h5-13H,1-4H3,(H,27,30,34)/b20-12-. The Kier molecular flexibility index (Phi) is 6.45. The summed E-state index contributed by atoms with van der Waals surface area (Å²) in [5, 5.41) is 3.22. The number of thiocarbonyl (C=S) groups is 1. The molecule has 34 heavy (non-hydrogen) atoms. The normalized spacial score (nSPS) is 15.0. The van der Waals surface area contributed by atoms with Crippen molar-refractivity contribution in [3.63, 3.8) is 0 Å². The molecule has 1 fully saturated rings. The van der Waals surface area contributed by atoms with Gasteiger partial charge in [-0.2, -0.15) is 0 Å². The number of nitrogens with one attached hydrogen (secondary N) is 1. The second kappa shape index (κ2) is 9.32. The lowest BCUT2D eigenvalue weighted by Gasteiger charge is -2.30. The van der Waals surface area contributed by atoms with Crippen molar-refractivity contribution >= 4 is 52.5 Å². The van der Waals surface area contributed by atoms with Crippen LogP contribution in [-0.2, 0) is 9.59 Å². The molecular formula is C25H22ClN3O4S. The predicted octanol–water partition coefficient (Wildman–Crippen LogP) is 4.60. The van der Waals surface area contributed by atoms with Crippen LogP contribution in [0.2, 0.25) is 5.02 Å². The van der Waals surface area contributed by atoms with E-state index in [1.807, 2.05) is 48.7 Å². The van der Waals surface area contributed by atoms with Gasteiger partial charge in [0.2, 0.25) is 0 Å². The molecule has 1 N–H and O–H groups in total. The highest BCUT2D eigenvalue weighted by atomic mass is 35.5. The molecule has 7 nitrogen and oxygen atoms in total. The highest BCUT2D eigenvalue weighted by Gasteiger charge is 2.36. The molecule has 2 aromatic carbocycles. The number of hydrogen-bond acceptors (Lipinski definition) is 5. The number of aryl methyl sites for hydroxylation is 1. The first-order valence-corrected chi connectivity index (χ1v) is 11.1. The number of nitrogens with zero attached hydrogens (tertiary/aromatic N) is 2. The third kappa shape index (κ3) is 4.18. The zero-order valence-corrected chi connectivity index (χ0v) is 20.6. The number of halogens is 1. The molecule has 1 saturated heterocycles. The lowest BCUT2D eigenvalue weighted by molar-refractivity contribution is -0.122. The first-order chi connectivity index (χ1) is 16.2. The number of anilines is 1. The summed E-state index contributed by atoms with van der Waals surface area (Å²) in [6.45, 7) is 3.88. The van der Waals surface area contributed by atoms with E-state index in [1.54, 1.807) is 24.3 Å². The molecule has 4 rings (SSSR count). The van der Waals surface area contributed by atoms with Crippen LogP contribution in [0.3, 0.4) is 0 Å². The van der Waals surface area contributed by atoms with E-state index in [4.69, 9.17) is 33.3 Å². The van der Waals surface area contributed by atoms with E-state index >= 15 is 0 Å². The molecule has 0 radical (unpaired) electrons. The van der Waals surface area contributed by atoms with E-state index < -0.39 is 11.8 Å². The summed E-state index contributed by atoms with van der Waals surface area (Å²) < 4.78 is 12.7. The van der Waals surface area contributed by atoms with E-state index in [0.29, 0.717) is 22.2 Å². The van der Waals surface area contributed by atoms with Gasteiger partial charge in [-0.15, -0.1) is 0 Å². The molecule has 1 aliphatic rings.